The van der Waals surface area contributed by atoms with Crippen LogP contribution < -0.4 is 11.0 Å². The SMILES string of the molecule is O=c1nc(NCc2ccccc2-c2cccnc2)c2cccnc2n1O. The third-order valence-electron chi connectivity index (χ3n) is 4.07. The van der Waals surface area contributed by atoms with Gasteiger partial charge >= 0.3 is 5.69 Å². The van der Waals surface area contributed by atoms with Crippen LogP contribution in [-0.4, -0.2) is 24.9 Å². The van der Waals surface area contributed by atoms with Crippen molar-refractivity contribution in [1.29, 1.82) is 0 Å². The Morgan fingerprint density at radius 1 is 1.04 bits per heavy atom. The minimum absolute atomic E-state index is 0.163. The van der Waals surface area contributed by atoms with Crippen molar-refractivity contribution in [2.24, 2.45) is 0 Å². The summed E-state index contributed by atoms with van der Waals surface area (Å²) >= 11 is 0. The highest BCUT2D eigenvalue weighted by molar-refractivity contribution is 5.86. The summed E-state index contributed by atoms with van der Waals surface area (Å²) in [6, 6.07) is 15.3. The molecular weight excluding hydrogens is 330 g/mol. The first kappa shape index (κ1) is 15.8. The van der Waals surface area contributed by atoms with Crippen LogP contribution in [0, 0.1) is 0 Å². The highest BCUT2D eigenvalue weighted by atomic mass is 16.5. The van der Waals surface area contributed by atoms with Crippen molar-refractivity contribution in [3.63, 3.8) is 0 Å². The number of pyridine rings is 2. The summed E-state index contributed by atoms with van der Waals surface area (Å²) in [5.41, 5.74) is 2.48. The molecule has 7 heteroatoms. The van der Waals surface area contributed by atoms with Gasteiger partial charge in [-0.05, 0) is 29.3 Å². The zero-order chi connectivity index (χ0) is 17.9. The minimum Gasteiger partial charge on any atom is -0.422 e. The lowest BCUT2D eigenvalue weighted by Gasteiger charge is -2.12. The number of anilines is 1. The number of aromatic nitrogens is 4. The molecule has 0 bridgehead atoms. The quantitative estimate of drug-likeness (QED) is 0.553. The fourth-order valence-corrected chi connectivity index (χ4v) is 2.84. The Morgan fingerprint density at radius 2 is 1.88 bits per heavy atom. The summed E-state index contributed by atoms with van der Waals surface area (Å²) in [7, 11) is 0. The van der Waals surface area contributed by atoms with Gasteiger partial charge in [-0.25, -0.2) is 9.78 Å². The van der Waals surface area contributed by atoms with Crippen molar-refractivity contribution in [3.8, 4) is 11.1 Å². The van der Waals surface area contributed by atoms with E-state index in [9.17, 15) is 10.0 Å². The molecule has 0 saturated carbocycles. The third kappa shape index (κ3) is 2.86. The van der Waals surface area contributed by atoms with E-state index in [-0.39, 0.29) is 5.65 Å². The standard InChI is InChI=1S/C19H15N5O2/c25-19-23-17(16-8-4-10-21-18(16)24(19)26)22-12-14-5-1-2-7-15(14)13-6-3-9-20-11-13/h1-11,26H,12H2,(H,22,23,25). The van der Waals surface area contributed by atoms with Crippen LogP contribution >= 0.6 is 0 Å². The van der Waals surface area contributed by atoms with E-state index >= 15 is 0 Å². The summed E-state index contributed by atoms with van der Waals surface area (Å²) < 4.78 is 0.449. The summed E-state index contributed by atoms with van der Waals surface area (Å²) in [6.07, 6.45) is 5.05. The van der Waals surface area contributed by atoms with Crippen molar-refractivity contribution in [3.05, 3.63) is 83.2 Å². The summed E-state index contributed by atoms with van der Waals surface area (Å²) in [4.78, 5) is 24.0. The van der Waals surface area contributed by atoms with Gasteiger partial charge in [0.2, 0.25) is 0 Å². The smallest absolute Gasteiger partial charge is 0.384 e. The van der Waals surface area contributed by atoms with Gasteiger partial charge in [-0.1, -0.05) is 30.3 Å². The molecule has 7 nitrogen and oxygen atoms in total. The predicted molar refractivity (Wildman–Crippen MR) is 98.0 cm³/mol. The maximum Gasteiger partial charge on any atom is 0.384 e. The molecule has 3 heterocycles. The van der Waals surface area contributed by atoms with Crippen LogP contribution in [-0.2, 0) is 6.54 Å². The van der Waals surface area contributed by atoms with Crippen molar-refractivity contribution in [2.75, 3.05) is 5.32 Å². The maximum absolute atomic E-state index is 11.9. The van der Waals surface area contributed by atoms with E-state index in [1.54, 1.807) is 18.3 Å². The molecule has 2 N–H and O–H groups in total. The minimum atomic E-state index is -0.778. The lowest BCUT2D eigenvalue weighted by Crippen LogP contribution is -2.23. The number of rotatable bonds is 4. The van der Waals surface area contributed by atoms with Crippen LogP contribution in [0.5, 0.6) is 0 Å². The van der Waals surface area contributed by atoms with Crippen LogP contribution in [0.4, 0.5) is 5.82 Å². The molecule has 0 spiro atoms. The number of fused-ring (bicyclic) bond motifs is 1. The lowest BCUT2D eigenvalue weighted by atomic mass is 10.0. The van der Waals surface area contributed by atoms with Gasteiger partial charge in [0.1, 0.15) is 5.82 Å². The first-order valence-corrected chi connectivity index (χ1v) is 8.03. The van der Waals surface area contributed by atoms with E-state index < -0.39 is 5.69 Å². The van der Waals surface area contributed by atoms with Gasteiger partial charge in [-0.15, -0.1) is 4.73 Å². The Morgan fingerprint density at radius 3 is 2.73 bits per heavy atom. The third-order valence-corrected chi connectivity index (χ3v) is 4.07. The normalized spacial score (nSPS) is 10.8. The summed E-state index contributed by atoms with van der Waals surface area (Å²) in [5.74, 6) is 0.379. The zero-order valence-corrected chi connectivity index (χ0v) is 13.7. The monoisotopic (exact) mass is 345 g/mol. The van der Waals surface area contributed by atoms with E-state index in [0.29, 0.717) is 22.5 Å². The van der Waals surface area contributed by atoms with E-state index in [4.69, 9.17) is 0 Å². The van der Waals surface area contributed by atoms with Gasteiger partial charge < -0.3 is 10.5 Å². The molecule has 4 rings (SSSR count). The Labute approximate surface area is 148 Å². The number of hydrogen-bond acceptors (Lipinski definition) is 6. The van der Waals surface area contributed by atoms with Gasteiger partial charge in [-0.3, -0.25) is 4.98 Å². The molecule has 0 radical (unpaired) electrons. The molecule has 4 aromatic rings. The highest BCUT2D eigenvalue weighted by Gasteiger charge is 2.11. The second-order valence-electron chi connectivity index (χ2n) is 5.68. The summed E-state index contributed by atoms with van der Waals surface area (Å²) in [6.45, 7) is 0.455. The van der Waals surface area contributed by atoms with Crippen LogP contribution in [0.2, 0.25) is 0 Å². The fraction of sp³-hybridized carbons (Fsp3) is 0.0526. The second kappa shape index (κ2) is 6.64. The van der Waals surface area contributed by atoms with E-state index in [0.717, 1.165) is 16.7 Å². The van der Waals surface area contributed by atoms with Gasteiger partial charge in [0.15, 0.2) is 5.65 Å². The molecule has 0 aliphatic carbocycles. The first-order valence-electron chi connectivity index (χ1n) is 8.03. The molecule has 0 saturated heterocycles. The largest absolute Gasteiger partial charge is 0.422 e. The molecule has 0 fully saturated rings. The molecular formula is C19H15N5O2. The van der Waals surface area contributed by atoms with E-state index in [1.165, 1.54) is 6.20 Å². The molecule has 26 heavy (non-hydrogen) atoms. The average molecular weight is 345 g/mol. The van der Waals surface area contributed by atoms with Crippen molar-refractivity contribution >= 4 is 16.9 Å². The molecule has 1 aromatic carbocycles. The molecule has 128 valence electrons. The average Bonchev–Trinajstić information content (AvgIpc) is 2.70. The Hall–Kier alpha value is -3.74. The van der Waals surface area contributed by atoms with Crippen LogP contribution in [0.25, 0.3) is 22.2 Å². The van der Waals surface area contributed by atoms with E-state index in [2.05, 4.69) is 20.3 Å². The molecule has 0 amide bonds. The predicted octanol–water partition coefficient (Wildman–Crippen LogP) is 2.70. The highest BCUT2D eigenvalue weighted by Crippen LogP contribution is 2.24. The van der Waals surface area contributed by atoms with Crippen LogP contribution in [0.15, 0.2) is 71.9 Å². The zero-order valence-electron chi connectivity index (χ0n) is 13.7. The summed E-state index contributed by atoms with van der Waals surface area (Å²) in [5, 5.41) is 13.6. The number of hydrogen-bond donors (Lipinski definition) is 2. The Kier molecular flexibility index (Phi) is 4.03. The first-order chi connectivity index (χ1) is 12.7. The maximum atomic E-state index is 11.9. The lowest BCUT2D eigenvalue weighted by molar-refractivity contribution is 0.182. The second-order valence-corrected chi connectivity index (χ2v) is 5.68. The van der Waals surface area contributed by atoms with Crippen LogP contribution in [0.1, 0.15) is 5.56 Å². The van der Waals surface area contributed by atoms with Gasteiger partial charge in [0.25, 0.3) is 0 Å². The van der Waals surface area contributed by atoms with E-state index in [1.807, 2.05) is 42.6 Å². The van der Waals surface area contributed by atoms with Crippen LogP contribution in [0.3, 0.4) is 0 Å². The van der Waals surface area contributed by atoms with Gasteiger partial charge in [-0.2, -0.15) is 4.98 Å². The van der Waals surface area contributed by atoms with Crippen molar-refractivity contribution < 1.29 is 5.21 Å². The van der Waals surface area contributed by atoms with Gasteiger partial charge in [0, 0.05) is 30.7 Å². The Bertz CT molecular complexity index is 1130. The fourth-order valence-electron chi connectivity index (χ4n) is 2.84. The van der Waals surface area contributed by atoms with Gasteiger partial charge in [0.05, 0.1) is 5.39 Å². The molecule has 0 unspecified atom stereocenters. The Balaban J connectivity index is 1.71. The molecule has 0 atom stereocenters. The van der Waals surface area contributed by atoms with Crippen molar-refractivity contribution in [1.82, 2.24) is 19.7 Å². The molecule has 0 aliphatic heterocycles. The number of benzene rings is 1. The van der Waals surface area contributed by atoms with Crippen molar-refractivity contribution in [2.45, 2.75) is 6.54 Å². The molecule has 3 aromatic heterocycles. The number of nitrogens with one attached hydrogen (secondary N) is 1. The molecule has 0 aliphatic rings. The number of nitrogens with zero attached hydrogens (tertiary/aromatic N) is 4. The topological polar surface area (TPSA) is 92.9 Å².